The van der Waals surface area contributed by atoms with Crippen molar-refractivity contribution in [3.8, 4) is 0 Å². The maximum Gasteiger partial charge on any atom is -0.00673 e. The van der Waals surface area contributed by atoms with Gasteiger partial charge in [0.05, 0.1) is 0 Å². The highest BCUT2D eigenvalue weighted by atomic mass is 32.2. The first-order chi connectivity index (χ1) is 6.12. The molecule has 0 nitrogen and oxygen atoms in total. The van der Waals surface area contributed by atoms with Gasteiger partial charge in [0.2, 0.25) is 0 Å². The van der Waals surface area contributed by atoms with Crippen molar-refractivity contribution < 1.29 is 0 Å². The first-order valence-corrected chi connectivity index (χ1v) is 6.85. The maximum absolute atomic E-state index is 2.40. The summed E-state index contributed by atoms with van der Waals surface area (Å²) in [6.45, 7) is 9.35. The Morgan fingerprint density at radius 2 is 1.62 bits per heavy atom. The molecule has 13 heavy (non-hydrogen) atoms. The van der Waals surface area contributed by atoms with E-state index >= 15 is 0 Å². The lowest BCUT2D eigenvalue weighted by Gasteiger charge is -2.23. The molecule has 0 heterocycles. The quantitative estimate of drug-likeness (QED) is 0.512. The predicted octanol–water partition coefficient (Wildman–Crippen LogP) is 4.74. The molecule has 0 aliphatic heterocycles. The number of rotatable bonds is 8. The lowest BCUT2D eigenvalue weighted by molar-refractivity contribution is 0.302. The Balaban J connectivity index is 3.29. The van der Waals surface area contributed by atoms with Crippen molar-refractivity contribution in [2.24, 2.45) is 5.41 Å². The molecule has 0 atom stereocenters. The summed E-state index contributed by atoms with van der Waals surface area (Å²) in [5, 5.41) is 0. The van der Waals surface area contributed by atoms with E-state index in [4.69, 9.17) is 0 Å². The molecule has 0 N–H and O–H groups in total. The van der Waals surface area contributed by atoms with E-state index in [1.165, 1.54) is 43.6 Å². The molecule has 1 heteroatoms. The fraction of sp³-hybridized carbons (Fsp3) is 1.00. The lowest BCUT2D eigenvalue weighted by atomic mass is 9.84. The zero-order chi connectivity index (χ0) is 10.2. The van der Waals surface area contributed by atoms with Gasteiger partial charge in [-0.05, 0) is 42.6 Å². The molecule has 0 fully saturated rings. The third-order valence-electron chi connectivity index (χ3n) is 2.42. The van der Waals surface area contributed by atoms with E-state index in [0.29, 0.717) is 5.41 Å². The van der Waals surface area contributed by atoms with Crippen molar-refractivity contribution in [3.05, 3.63) is 0 Å². The van der Waals surface area contributed by atoms with Crippen LogP contribution in [-0.4, -0.2) is 11.5 Å². The molecule has 0 aromatic carbocycles. The van der Waals surface area contributed by atoms with E-state index in [-0.39, 0.29) is 0 Å². The van der Waals surface area contributed by atoms with E-state index in [9.17, 15) is 0 Å². The minimum absolute atomic E-state index is 0.585. The molecule has 0 saturated carbocycles. The van der Waals surface area contributed by atoms with Crippen LogP contribution in [0.3, 0.4) is 0 Å². The maximum atomic E-state index is 2.40. The minimum atomic E-state index is 0.585. The van der Waals surface area contributed by atoms with Gasteiger partial charge in [-0.15, -0.1) is 0 Å². The fourth-order valence-electron chi connectivity index (χ4n) is 1.70. The summed E-state index contributed by atoms with van der Waals surface area (Å²) in [7, 11) is 0. The summed E-state index contributed by atoms with van der Waals surface area (Å²) in [5.41, 5.74) is 0.585. The molecule has 0 unspecified atom stereocenters. The van der Waals surface area contributed by atoms with Crippen molar-refractivity contribution in [2.75, 3.05) is 11.5 Å². The monoisotopic (exact) mass is 202 g/mol. The van der Waals surface area contributed by atoms with Gasteiger partial charge in [-0.1, -0.05) is 34.1 Å². The normalized spacial score (nSPS) is 12.0. The SMILES string of the molecule is CCCSCCCC(C)(C)CCC. The van der Waals surface area contributed by atoms with Gasteiger partial charge >= 0.3 is 0 Å². The Bertz CT molecular complexity index is 108. The second-order valence-electron chi connectivity index (χ2n) is 4.63. The van der Waals surface area contributed by atoms with Gasteiger partial charge in [0.15, 0.2) is 0 Å². The molecular weight excluding hydrogens is 176 g/mol. The Labute approximate surface area is 88.9 Å². The molecular formula is C12H26S. The summed E-state index contributed by atoms with van der Waals surface area (Å²) in [5.74, 6) is 2.70. The van der Waals surface area contributed by atoms with Crippen LogP contribution >= 0.6 is 11.8 Å². The summed E-state index contributed by atoms with van der Waals surface area (Å²) < 4.78 is 0. The second-order valence-corrected chi connectivity index (χ2v) is 5.85. The zero-order valence-corrected chi connectivity index (χ0v) is 10.7. The van der Waals surface area contributed by atoms with Gasteiger partial charge in [-0.25, -0.2) is 0 Å². The van der Waals surface area contributed by atoms with Crippen molar-refractivity contribution >= 4 is 11.8 Å². The van der Waals surface area contributed by atoms with Crippen molar-refractivity contribution in [1.29, 1.82) is 0 Å². The third-order valence-corrected chi connectivity index (χ3v) is 3.69. The molecule has 0 aromatic rings. The molecule has 0 aliphatic carbocycles. The van der Waals surface area contributed by atoms with Gasteiger partial charge < -0.3 is 0 Å². The number of hydrogen-bond acceptors (Lipinski definition) is 1. The number of thioether (sulfide) groups is 1. The first-order valence-electron chi connectivity index (χ1n) is 5.70. The third kappa shape index (κ3) is 8.67. The average molecular weight is 202 g/mol. The second kappa shape index (κ2) is 7.73. The highest BCUT2D eigenvalue weighted by molar-refractivity contribution is 7.99. The Morgan fingerprint density at radius 1 is 0.923 bits per heavy atom. The first kappa shape index (κ1) is 13.4. The van der Waals surface area contributed by atoms with Gasteiger partial charge in [-0.3, -0.25) is 0 Å². The molecule has 80 valence electrons. The van der Waals surface area contributed by atoms with Crippen LogP contribution in [-0.2, 0) is 0 Å². The Hall–Kier alpha value is 0.350. The van der Waals surface area contributed by atoms with E-state index in [2.05, 4.69) is 39.5 Å². The summed E-state index contributed by atoms with van der Waals surface area (Å²) in [6, 6.07) is 0. The topological polar surface area (TPSA) is 0 Å². The Kier molecular flexibility index (Phi) is 7.93. The lowest BCUT2D eigenvalue weighted by Crippen LogP contribution is -2.10. The van der Waals surface area contributed by atoms with Crippen molar-refractivity contribution in [1.82, 2.24) is 0 Å². The zero-order valence-electron chi connectivity index (χ0n) is 9.86. The van der Waals surface area contributed by atoms with Crippen LogP contribution in [0.5, 0.6) is 0 Å². The summed E-state index contributed by atoms with van der Waals surface area (Å²) in [4.78, 5) is 0. The molecule has 0 aliphatic rings. The van der Waals surface area contributed by atoms with Crippen molar-refractivity contribution in [3.63, 3.8) is 0 Å². The summed E-state index contributed by atoms with van der Waals surface area (Å²) >= 11 is 2.11. The van der Waals surface area contributed by atoms with Crippen LogP contribution in [0.1, 0.15) is 59.8 Å². The van der Waals surface area contributed by atoms with Crippen LogP contribution in [0.4, 0.5) is 0 Å². The minimum Gasteiger partial charge on any atom is -0.162 e. The predicted molar refractivity (Wildman–Crippen MR) is 65.5 cm³/mol. The highest BCUT2D eigenvalue weighted by Gasteiger charge is 2.15. The van der Waals surface area contributed by atoms with Gasteiger partial charge in [0.1, 0.15) is 0 Å². The Morgan fingerprint density at radius 3 is 2.15 bits per heavy atom. The summed E-state index contributed by atoms with van der Waals surface area (Å²) in [6.07, 6.45) is 6.83. The fourth-order valence-corrected chi connectivity index (χ4v) is 2.54. The molecule has 0 bridgehead atoms. The average Bonchev–Trinajstić information content (AvgIpc) is 2.04. The van der Waals surface area contributed by atoms with Crippen LogP contribution in [0.15, 0.2) is 0 Å². The molecule has 0 spiro atoms. The highest BCUT2D eigenvalue weighted by Crippen LogP contribution is 2.28. The number of hydrogen-bond donors (Lipinski definition) is 0. The van der Waals surface area contributed by atoms with Crippen LogP contribution in [0, 0.1) is 5.41 Å². The van der Waals surface area contributed by atoms with Crippen molar-refractivity contribution in [2.45, 2.75) is 59.8 Å². The van der Waals surface area contributed by atoms with Gasteiger partial charge in [-0.2, -0.15) is 11.8 Å². The van der Waals surface area contributed by atoms with E-state index in [1.54, 1.807) is 0 Å². The van der Waals surface area contributed by atoms with Crippen LogP contribution in [0.25, 0.3) is 0 Å². The largest absolute Gasteiger partial charge is 0.162 e. The molecule has 0 saturated heterocycles. The van der Waals surface area contributed by atoms with E-state index < -0.39 is 0 Å². The smallest absolute Gasteiger partial charge is 0.00673 e. The standard InChI is InChI=1S/C12H26S/c1-5-8-12(3,4)9-7-11-13-10-6-2/h5-11H2,1-4H3. The van der Waals surface area contributed by atoms with Crippen LogP contribution in [0.2, 0.25) is 0 Å². The molecule has 0 radical (unpaired) electrons. The van der Waals surface area contributed by atoms with Gasteiger partial charge in [0, 0.05) is 0 Å². The molecule has 0 rings (SSSR count). The van der Waals surface area contributed by atoms with Gasteiger partial charge in [0.25, 0.3) is 0 Å². The molecule has 0 amide bonds. The van der Waals surface area contributed by atoms with E-state index in [0.717, 1.165) is 0 Å². The van der Waals surface area contributed by atoms with E-state index in [1.807, 2.05) is 0 Å². The van der Waals surface area contributed by atoms with Crippen LogP contribution < -0.4 is 0 Å². The molecule has 0 aromatic heterocycles.